The second-order valence-corrected chi connectivity index (χ2v) is 5.23. The van der Waals surface area contributed by atoms with Gasteiger partial charge >= 0.3 is 5.97 Å². The Balaban J connectivity index is 2.63. The van der Waals surface area contributed by atoms with Gasteiger partial charge in [-0.15, -0.1) is 11.3 Å². The first-order chi connectivity index (χ1) is 8.50. The zero-order valence-electron chi connectivity index (χ0n) is 10.5. The lowest BCUT2D eigenvalue weighted by Gasteiger charge is -2.06. The molecule has 5 heteroatoms. The Morgan fingerprint density at radius 3 is 2.83 bits per heavy atom. The van der Waals surface area contributed by atoms with Crippen LogP contribution in [0.5, 0.6) is 0 Å². The van der Waals surface area contributed by atoms with Gasteiger partial charge in [0.15, 0.2) is 0 Å². The van der Waals surface area contributed by atoms with Gasteiger partial charge in [-0.05, 0) is 35.4 Å². The van der Waals surface area contributed by atoms with Gasteiger partial charge in [0.2, 0.25) is 0 Å². The predicted octanol–water partition coefficient (Wildman–Crippen LogP) is 2.62. The van der Waals surface area contributed by atoms with Crippen molar-refractivity contribution in [3.05, 3.63) is 28.0 Å². The number of aliphatic carboxylic acids is 1. The summed E-state index contributed by atoms with van der Waals surface area (Å²) >= 11 is 1.31. The van der Waals surface area contributed by atoms with Crippen molar-refractivity contribution in [1.82, 2.24) is 5.32 Å². The summed E-state index contributed by atoms with van der Waals surface area (Å²) in [6.07, 6.45) is 3.40. The maximum absolute atomic E-state index is 11.9. The average molecular weight is 267 g/mol. The normalized spacial score (nSPS) is 11.1. The van der Waals surface area contributed by atoms with E-state index >= 15 is 0 Å². The van der Waals surface area contributed by atoms with Crippen molar-refractivity contribution in [2.75, 3.05) is 6.54 Å². The SMILES string of the molecule is CC(C)CCNC(=O)c1sccc1C=CC(=O)O. The fourth-order valence-corrected chi connectivity index (χ4v) is 2.15. The Kier molecular flexibility index (Phi) is 5.58. The quantitative estimate of drug-likeness (QED) is 0.779. The van der Waals surface area contributed by atoms with Gasteiger partial charge in [-0.1, -0.05) is 13.8 Å². The zero-order chi connectivity index (χ0) is 13.5. The summed E-state index contributed by atoms with van der Waals surface area (Å²) < 4.78 is 0. The minimum Gasteiger partial charge on any atom is -0.478 e. The van der Waals surface area contributed by atoms with Crippen LogP contribution in [-0.4, -0.2) is 23.5 Å². The van der Waals surface area contributed by atoms with Crippen LogP contribution in [0.1, 0.15) is 35.5 Å². The fourth-order valence-electron chi connectivity index (χ4n) is 1.35. The molecule has 0 aliphatic carbocycles. The van der Waals surface area contributed by atoms with Crippen molar-refractivity contribution in [2.24, 2.45) is 5.92 Å². The van der Waals surface area contributed by atoms with Crippen molar-refractivity contribution in [2.45, 2.75) is 20.3 Å². The number of nitrogens with one attached hydrogen (secondary N) is 1. The van der Waals surface area contributed by atoms with Crippen molar-refractivity contribution in [3.8, 4) is 0 Å². The Bertz CT molecular complexity index is 449. The molecule has 0 saturated carbocycles. The smallest absolute Gasteiger partial charge is 0.328 e. The summed E-state index contributed by atoms with van der Waals surface area (Å²) in [5.41, 5.74) is 0.643. The molecule has 1 amide bonds. The standard InChI is InChI=1S/C13H17NO3S/c1-9(2)5-7-14-13(17)12-10(6-8-18-12)3-4-11(15)16/h3-4,6,8-9H,5,7H2,1-2H3,(H,14,17)(H,15,16). The first-order valence-corrected chi connectivity index (χ1v) is 6.65. The molecule has 0 radical (unpaired) electrons. The number of carbonyl (C=O) groups is 2. The maximum atomic E-state index is 11.9. The van der Waals surface area contributed by atoms with Gasteiger partial charge in [-0.2, -0.15) is 0 Å². The van der Waals surface area contributed by atoms with Gasteiger partial charge in [0.25, 0.3) is 5.91 Å². The molecule has 0 aromatic carbocycles. The molecule has 0 unspecified atom stereocenters. The molecule has 0 aliphatic rings. The molecule has 98 valence electrons. The van der Waals surface area contributed by atoms with Crippen LogP contribution < -0.4 is 5.32 Å². The highest BCUT2D eigenvalue weighted by Gasteiger charge is 2.11. The molecule has 4 nitrogen and oxygen atoms in total. The lowest BCUT2D eigenvalue weighted by molar-refractivity contribution is -0.131. The van der Waals surface area contributed by atoms with Gasteiger partial charge in [0.05, 0.1) is 4.88 Å². The molecule has 18 heavy (non-hydrogen) atoms. The fraction of sp³-hybridized carbons (Fsp3) is 0.385. The van der Waals surface area contributed by atoms with Gasteiger partial charge < -0.3 is 10.4 Å². The second-order valence-electron chi connectivity index (χ2n) is 4.32. The molecule has 1 aromatic rings. The van der Waals surface area contributed by atoms with E-state index in [0.717, 1.165) is 12.5 Å². The first kappa shape index (κ1) is 14.4. The van der Waals surface area contributed by atoms with Crippen LogP contribution in [0.25, 0.3) is 6.08 Å². The molecular weight excluding hydrogens is 250 g/mol. The summed E-state index contributed by atoms with van der Waals surface area (Å²) in [7, 11) is 0. The van der Waals surface area contributed by atoms with E-state index in [1.165, 1.54) is 17.4 Å². The largest absolute Gasteiger partial charge is 0.478 e. The summed E-state index contributed by atoms with van der Waals surface area (Å²) in [6, 6.07) is 1.74. The molecule has 2 N–H and O–H groups in total. The number of hydrogen-bond donors (Lipinski definition) is 2. The highest BCUT2D eigenvalue weighted by Crippen LogP contribution is 2.18. The van der Waals surface area contributed by atoms with Gasteiger partial charge in [-0.3, -0.25) is 4.79 Å². The minimum atomic E-state index is -1.02. The van der Waals surface area contributed by atoms with Crippen molar-refractivity contribution in [1.29, 1.82) is 0 Å². The van der Waals surface area contributed by atoms with E-state index in [0.29, 0.717) is 22.9 Å². The second kappa shape index (κ2) is 6.96. The number of hydrogen-bond acceptors (Lipinski definition) is 3. The van der Waals surface area contributed by atoms with Crippen molar-refractivity contribution >= 4 is 29.3 Å². The topological polar surface area (TPSA) is 66.4 Å². The third-order valence-corrected chi connectivity index (χ3v) is 3.24. The van der Waals surface area contributed by atoms with Crippen LogP contribution in [0, 0.1) is 5.92 Å². The average Bonchev–Trinajstić information content (AvgIpc) is 2.73. The maximum Gasteiger partial charge on any atom is 0.328 e. The van der Waals surface area contributed by atoms with Crippen LogP contribution in [0.2, 0.25) is 0 Å². The van der Waals surface area contributed by atoms with E-state index in [2.05, 4.69) is 19.2 Å². The molecule has 0 fully saturated rings. The monoisotopic (exact) mass is 267 g/mol. The molecule has 0 aliphatic heterocycles. The van der Waals surface area contributed by atoms with E-state index < -0.39 is 5.97 Å². The Hall–Kier alpha value is -1.62. The Morgan fingerprint density at radius 1 is 1.50 bits per heavy atom. The van der Waals surface area contributed by atoms with E-state index in [1.807, 2.05) is 0 Å². The van der Waals surface area contributed by atoms with Gasteiger partial charge in [0.1, 0.15) is 0 Å². The Morgan fingerprint density at radius 2 is 2.22 bits per heavy atom. The molecule has 0 spiro atoms. The molecule has 1 heterocycles. The molecule has 1 aromatic heterocycles. The summed E-state index contributed by atoms with van der Waals surface area (Å²) in [5, 5.41) is 13.2. The number of carbonyl (C=O) groups excluding carboxylic acids is 1. The lowest BCUT2D eigenvalue weighted by atomic mass is 10.1. The van der Waals surface area contributed by atoms with E-state index in [4.69, 9.17) is 5.11 Å². The number of carboxylic acid groups (broad SMARTS) is 1. The molecule has 1 rings (SSSR count). The summed E-state index contributed by atoms with van der Waals surface area (Å²) in [4.78, 5) is 22.9. The van der Waals surface area contributed by atoms with Crippen LogP contribution in [0.3, 0.4) is 0 Å². The number of thiophene rings is 1. The van der Waals surface area contributed by atoms with Gasteiger partial charge in [-0.25, -0.2) is 4.79 Å². The van der Waals surface area contributed by atoms with Crippen molar-refractivity contribution in [3.63, 3.8) is 0 Å². The molecular formula is C13H17NO3S. The third kappa shape index (κ3) is 4.71. The van der Waals surface area contributed by atoms with E-state index in [9.17, 15) is 9.59 Å². The predicted molar refractivity (Wildman–Crippen MR) is 72.8 cm³/mol. The lowest BCUT2D eigenvalue weighted by Crippen LogP contribution is -2.25. The minimum absolute atomic E-state index is 0.143. The summed E-state index contributed by atoms with van der Waals surface area (Å²) in [6.45, 7) is 4.83. The third-order valence-electron chi connectivity index (χ3n) is 2.31. The first-order valence-electron chi connectivity index (χ1n) is 5.77. The molecule has 0 atom stereocenters. The molecule has 0 bridgehead atoms. The highest BCUT2D eigenvalue weighted by atomic mass is 32.1. The van der Waals surface area contributed by atoms with Gasteiger partial charge in [0, 0.05) is 12.6 Å². The van der Waals surface area contributed by atoms with Crippen LogP contribution >= 0.6 is 11.3 Å². The van der Waals surface area contributed by atoms with E-state index in [-0.39, 0.29) is 5.91 Å². The number of carboxylic acids is 1. The van der Waals surface area contributed by atoms with Crippen LogP contribution in [-0.2, 0) is 4.79 Å². The molecule has 0 saturated heterocycles. The number of rotatable bonds is 6. The van der Waals surface area contributed by atoms with Crippen molar-refractivity contribution < 1.29 is 14.7 Å². The summed E-state index contributed by atoms with van der Waals surface area (Å²) in [5.74, 6) is -0.622. The van der Waals surface area contributed by atoms with E-state index in [1.54, 1.807) is 11.4 Å². The zero-order valence-corrected chi connectivity index (χ0v) is 11.3. The van der Waals surface area contributed by atoms with Crippen LogP contribution in [0.4, 0.5) is 0 Å². The Labute approximate surface area is 110 Å². The van der Waals surface area contributed by atoms with Crippen LogP contribution in [0.15, 0.2) is 17.5 Å². The highest BCUT2D eigenvalue weighted by molar-refractivity contribution is 7.12. The number of amides is 1.